The zero-order valence-electron chi connectivity index (χ0n) is 7.38. The van der Waals surface area contributed by atoms with Crippen molar-refractivity contribution in [3.8, 4) is 5.75 Å². The fourth-order valence-corrected chi connectivity index (χ4v) is 1.51. The van der Waals surface area contributed by atoms with Crippen molar-refractivity contribution in [3.05, 3.63) is 28.2 Å². The first-order valence-electron chi connectivity index (χ1n) is 4.06. The molecule has 0 aliphatic rings. The number of benzene rings is 1. The first-order chi connectivity index (χ1) is 6.09. The fourth-order valence-electron chi connectivity index (χ4n) is 1.06. The Morgan fingerprint density at radius 3 is 2.85 bits per heavy atom. The summed E-state index contributed by atoms with van der Waals surface area (Å²) in [6, 6.07) is 5.07. The van der Waals surface area contributed by atoms with Crippen LogP contribution in [0.15, 0.2) is 22.7 Å². The normalized spacial score (nSPS) is 10.0. The highest BCUT2D eigenvalue weighted by Crippen LogP contribution is 2.22. The van der Waals surface area contributed by atoms with E-state index in [2.05, 4.69) is 15.9 Å². The molecule has 0 amide bonds. The van der Waals surface area contributed by atoms with E-state index in [4.69, 9.17) is 0 Å². The van der Waals surface area contributed by atoms with Crippen molar-refractivity contribution in [1.82, 2.24) is 0 Å². The van der Waals surface area contributed by atoms with Gasteiger partial charge in [-0.1, -0.05) is 15.9 Å². The molecule has 13 heavy (non-hydrogen) atoms. The number of carbonyl (C=O) groups is 1. The molecule has 0 aromatic heterocycles. The Morgan fingerprint density at radius 1 is 1.54 bits per heavy atom. The summed E-state index contributed by atoms with van der Waals surface area (Å²) < 4.78 is 0.937. The monoisotopic (exact) mass is 242 g/mol. The fraction of sp³-hybridized carbons (Fsp3) is 0.300. The van der Waals surface area contributed by atoms with Crippen LogP contribution in [0.4, 0.5) is 0 Å². The third-order valence-corrected chi connectivity index (χ3v) is 2.55. The second-order valence-corrected chi connectivity index (χ2v) is 3.83. The molecule has 0 radical (unpaired) electrons. The van der Waals surface area contributed by atoms with Gasteiger partial charge in [-0.25, -0.2) is 0 Å². The zero-order chi connectivity index (χ0) is 9.84. The molecule has 0 spiro atoms. The van der Waals surface area contributed by atoms with Crippen LogP contribution in [0.25, 0.3) is 0 Å². The van der Waals surface area contributed by atoms with E-state index in [-0.39, 0.29) is 11.5 Å². The lowest BCUT2D eigenvalue weighted by Crippen LogP contribution is -1.94. The SMILES string of the molecule is CC(=O)CCc1cc(O)ccc1Br. The number of carbonyl (C=O) groups excluding carboxylic acids is 1. The van der Waals surface area contributed by atoms with E-state index >= 15 is 0 Å². The quantitative estimate of drug-likeness (QED) is 0.886. The minimum absolute atomic E-state index is 0.162. The molecule has 0 aliphatic carbocycles. The first-order valence-corrected chi connectivity index (χ1v) is 4.85. The number of phenols is 1. The Morgan fingerprint density at radius 2 is 2.23 bits per heavy atom. The molecule has 0 saturated heterocycles. The molecule has 0 heterocycles. The number of phenolic OH excluding ortho intramolecular Hbond substituents is 1. The van der Waals surface area contributed by atoms with Gasteiger partial charge in [0.2, 0.25) is 0 Å². The second kappa shape index (κ2) is 4.42. The predicted molar refractivity (Wildman–Crippen MR) is 54.8 cm³/mol. The maximum Gasteiger partial charge on any atom is 0.130 e. The van der Waals surface area contributed by atoms with Crippen molar-refractivity contribution in [2.75, 3.05) is 0 Å². The van der Waals surface area contributed by atoms with E-state index in [0.717, 1.165) is 10.0 Å². The summed E-state index contributed by atoms with van der Waals surface area (Å²) in [7, 11) is 0. The number of aromatic hydroxyl groups is 1. The maximum absolute atomic E-state index is 10.7. The van der Waals surface area contributed by atoms with Gasteiger partial charge in [0.1, 0.15) is 11.5 Å². The molecule has 0 atom stereocenters. The summed E-state index contributed by atoms with van der Waals surface area (Å²) in [4.78, 5) is 10.7. The van der Waals surface area contributed by atoms with Crippen LogP contribution >= 0.6 is 15.9 Å². The maximum atomic E-state index is 10.7. The standard InChI is InChI=1S/C10H11BrO2/c1-7(12)2-3-8-6-9(13)4-5-10(8)11/h4-6,13H,2-3H2,1H3. The molecular weight excluding hydrogens is 232 g/mol. The van der Waals surface area contributed by atoms with E-state index in [1.54, 1.807) is 25.1 Å². The van der Waals surface area contributed by atoms with Crippen molar-refractivity contribution in [2.24, 2.45) is 0 Å². The number of halogens is 1. The van der Waals surface area contributed by atoms with Crippen LogP contribution in [0.2, 0.25) is 0 Å². The third kappa shape index (κ3) is 3.19. The van der Waals surface area contributed by atoms with Gasteiger partial charge in [0, 0.05) is 10.9 Å². The minimum atomic E-state index is 0.162. The van der Waals surface area contributed by atoms with Crippen molar-refractivity contribution in [1.29, 1.82) is 0 Å². The van der Waals surface area contributed by atoms with Crippen molar-refractivity contribution >= 4 is 21.7 Å². The largest absolute Gasteiger partial charge is 0.508 e. The molecular formula is C10H11BrO2. The topological polar surface area (TPSA) is 37.3 Å². The number of hydrogen-bond donors (Lipinski definition) is 1. The van der Waals surface area contributed by atoms with Crippen LogP contribution in [0.5, 0.6) is 5.75 Å². The summed E-state index contributed by atoms with van der Waals surface area (Å²) in [5.74, 6) is 0.400. The van der Waals surface area contributed by atoms with Gasteiger partial charge < -0.3 is 9.90 Å². The average Bonchev–Trinajstić information content (AvgIpc) is 2.06. The van der Waals surface area contributed by atoms with Crippen LogP contribution in [-0.4, -0.2) is 10.9 Å². The summed E-state index contributed by atoms with van der Waals surface area (Å²) in [5.41, 5.74) is 0.968. The number of rotatable bonds is 3. The number of aryl methyl sites for hydroxylation is 1. The lowest BCUT2D eigenvalue weighted by Gasteiger charge is -2.03. The molecule has 1 rings (SSSR count). The molecule has 1 aromatic rings. The van der Waals surface area contributed by atoms with Gasteiger partial charge in [0.15, 0.2) is 0 Å². The highest BCUT2D eigenvalue weighted by molar-refractivity contribution is 9.10. The molecule has 1 N–H and O–H groups in total. The Balaban J connectivity index is 2.75. The molecule has 70 valence electrons. The van der Waals surface area contributed by atoms with Crippen LogP contribution in [-0.2, 0) is 11.2 Å². The van der Waals surface area contributed by atoms with Crippen molar-refractivity contribution in [3.63, 3.8) is 0 Å². The molecule has 0 saturated carbocycles. The van der Waals surface area contributed by atoms with Gasteiger partial charge in [-0.3, -0.25) is 0 Å². The summed E-state index contributed by atoms with van der Waals surface area (Å²) in [5, 5.41) is 9.20. The van der Waals surface area contributed by atoms with E-state index < -0.39 is 0 Å². The van der Waals surface area contributed by atoms with Gasteiger partial charge in [-0.15, -0.1) is 0 Å². The van der Waals surface area contributed by atoms with Crippen LogP contribution in [0.3, 0.4) is 0 Å². The van der Waals surface area contributed by atoms with Crippen LogP contribution < -0.4 is 0 Å². The molecule has 0 fully saturated rings. The van der Waals surface area contributed by atoms with Crippen molar-refractivity contribution in [2.45, 2.75) is 19.8 Å². The van der Waals surface area contributed by atoms with E-state index in [9.17, 15) is 9.90 Å². The highest BCUT2D eigenvalue weighted by Gasteiger charge is 2.02. The molecule has 1 aromatic carbocycles. The first kappa shape index (κ1) is 10.3. The molecule has 0 unspecified atom stereocenters. The van der Waals surface area contributed by atoms with Crippen molar-refractivity contribution < 1.29 is 9.90 Å². The Hall–Kier alpha value is -0.830. The summed E-state index contributed by atoms with van der Waals surface area (Å²) in [6.07, 6.45) is 1.19. The highest BCUT2D eigenvalue weighted by atomic mass is 79.9. The Bertz CT molecular complexity index is 321. The third-order valence-electron chi connectivity index (χ3n) is 1.78. The summed E-state index contributed by atoms with van der Waals surface area (Å²) in [6.45, 7) is 1.57. The van der Waals surface area contributed by atoms with Gasteiger partial charge in [-0.05, 0) is 37.1 Å². The number of ketones is 1. The van der Waals surface area contributed by atoms with E-state index in [1.165, 1.54) is 0 Å². The average molecular weight is 243 g/mol. The lowest BCUT2D eigenvalue weighted by atomic mass is 10.1. The summed E-state index contributed by atoms with van der Waals surface area (Å²) >= 11 is 3.36. The van der Waals surface area contributed by atoms with Crippen LogP contribution in [0.1, 0.15) is 18.9 Å². The predicted octanol–water partition coefficient (Wildman–Crippen LogP) is 2.68. The van der Waals surface area contributed by atoms with Gasteiger partial charge in [0.05, 0.1) is 0 Å². The molecule has 2 nitrogen and oxygen atoms in total. The van der Waals surface area contributed by atoms with Gasteiger partial charge in [0.25, 0.3) is 0 Å². The van der Waals surface area contributed by atoms with Gasteiger partial charge in [-0.2, -0.15) is 0 Å². The smallest absolute Gasteiger partial charge is 0.130 e. The van der Waals surface area contributed by atoms with Gasteiger partial charge >= 0.3 is 0 Å². The van der Waals surface area contributed by atoms with Crippen LogP contribution in [0, 0.1) is 0 Å². The number of Topliss-reactive ketones (excluding diaryl/α,β-unsaturated/α-hetero) is 1. The zero-order valence-corrected chi connectivity index (χ0v) is 8.97. The minimum Gasteiger partial charge on any atom is -0.508 e. The van der Waals surface area contributed by atoms with E-state index in [1.807, 2.05) is 0 Å². The molecule has 0 bridgehead atoms. The Kier molecular flexibility index (Phi) is 3.48. The van der Waals surface area contributed by atoms with E-state index in [0.29, 0.717) is 12.8 Å². The lowest BCUT2D eigenvalue weighted by molar-refractivity contribution is -0.116. The number of hydrogen-bond acceptors (Lipinski definition) is 2. The molecule has 3 heteroatoms. The second-order valence-electron chi connectivity index (χ2n) is 2.98. The Labute approximate surface area is 85.7 Å². The molecule has 0 aliphatic heterocycles.